The summed E-state index contributed by atoms with van der Waals surface area (Å²) in [7, 11) is 1.65. The summed E-state index contributed by atoms with van der Waals surface area (Å²) in [5.74, 6) is 1.78. The number of halogens is 2. The minimum atomic E-state index is -0.187. The van der Waals surface area contributed by atoms with Crippen LogP contribution in [-0.2, 0) is 6.42 Å². The fourth-order valence-electron chi connectivity index (χ4n) is 2.63. The van der Waals surface area contributed by atoms with E-state index in [0.29, 0.717) is 0 Å². The highest BCUT2D eigenvalue weighted by atomic mass is 79.9. The molecule has 1 heterocycles. The quantitative estimate of drug-likeness (QED) is 0.702. The van der Waals surface area contributed by atoms with E-state index in [2.05, 4.69) is 28.9 Å². The van der Waals surface area contributed by atoms with Crippen LogP contribution in [0.1, 0.15) is 29.0 Å². The Labute approximate surface area is 138 Å². The highest BCUT2D eigenvalue weighted by molar-refractivity contribution is 9.10. The zero-order valence-electron chi connectivity index (χ0n) is 11.9. The Bertz CT molecular complexity index is 672. The first kappa shape index (κ1) is 14.7. The molecule has 0 N–H and O–H groups in total. The molecule has 0 spiro atoms. The Kier molecular flexibility index (Phi) is 4.14. The molecule has 1 aliphatic rings. The second kappa shape index (κ2) is 5.90. The zero-order chi connectivity index (χ0) is 15.0. The van der Waals surface area contributed by atoms with E-state index in [9.17, 15) is 0 Å². The van der Waals surface area contributed by atoms with E-state index in [1.807, 2.05) is 30.3 Å². The molecule has 2 atom stereocenters. The van der Waals surface area contributed by atoms with E-state index >= 15 is 0 Å². The summed E-state index contributed by atoms with van der Waals surface area (Å²) in [5.41, 5.74) is 3.36. The van der Waals surface area contributed by atoms with Crippen LogP contribution in [0.2, 0.25) is 0 Å². The van der Waals surface area contributed by atoms with Gasteiger partial charge in [0.1, 0.15) is 17.6 Å². The maximum absolute atomic E-state index is 6.63. The van der Waals surface area contributed by atoms with Gasteiger partial charge in [-0.3, -0.25) is 0 Å². The summed E-state index contributed by atoms with van der Waals surface area (Å²) < 4.78 is 11.9. The number of methoxy groups -OCH3 is 1. The van der Waals surface area contributed by atoms with Crippen LogP contribution in [0.25, 0.3) is 0 Å². The van der Waals surface area contributed by atoms with Crippen LogP contribution >= 0.6 is 27.5 Å². The SMILES string of the molecule is COc1ccc(C(Cl)c2ccc3c(c2)CC(C)O3)cc1Br. The lowest BCUT2D eigenvalue weighted by Crippen LogP contribution is -2.05. The fourth-order valence-corrected chi connectivity index (χ4v) is 3.46. The van der Waals surface area contributed by atoms with Crippen molar-refractivity contribution in [3.8, 4) is 11.5 Å². The van der Waals surface area contributed by atoms with Gasteiger partial charge < -0.3 is 9.47 Å². The Hall–Kier alpha value is -1.19. The lowest BCUT2D eigenvalue weighted by molar-refractivity contribution is 0.254. The normalized spacial score (nSPS) is 18.0. The van der Waals surface area contributed by atoms with Crippen molar-refractivity contribution >= 4 is 27.5 Å². The van der Waals surface area contributed by atoms with E-state index in [1.165, 1.54) is 5.56 Å². The minimum absolute atomic E-state index is 0.187. The Morgan fingerprint density at radius 1 is 1.24 bits per heavy atom. The number of rotatable bonds is 3. The molecule has 0 amide bonds. The summed E-state index contributed by atoms with van der Waals surface area (Å²) in [6.07, 6.45) is 1.19. The maximum Gasteiger partial charge on any atom is 0.133 e. The summed E-state index contributed by atoms with van der Waals surface area (Å²) in [4.78, 5) is 0. The predicted molar refractivity (Wildman–Crippen MR) is 88.6 cm³/mol. The fraction of sp³-hybridized carbons (Fsp3) is 0.294. The second-order valence-corrected chi connectivity index (χ2v) is 6.55. The van der Waals surface area contributed by atoms with Crippen molar-refractivity contribution in [2.45, 2.75) is 24.8 Å². The molecule has 0 aliphatic carbocycles. The van der Waals surface area contributed by atoms with Gasteiger partial charge in [0, 0.05) is 6.42 Å². The molecule has 0 saturated heterocycles. The first-order chi connectivity index (χ1) is 10.1. The van der Waals surface area contributed by atoms with Gasteiger partial charge in [0.05, 0.1) is 17.0 Å². The number of ether oxygens (including phenoxy) is 2. The number of hydrogen-bond acceptors (Lipinski definition) is 2. The van der Waals surface area contributed by atoms with E-state index in [-0.39, 0.29) is 11.5 Å². The van der Waals surface area contributed by atoms with Crippen molar-refractivity contribution < 1.29 is 9.47 Å². The molecule has 2 aromatic carbocycles. The van der Waals surface area contributed by atoms with Gasteiger partial charge in [0.2, 0.25) is 0 Å². The van der Waals surface area contributed by atoms with Crippen LogP contribution in [0.5, 0.6) is 11.5 Å². The predicted octanol–water partition coefficient (Wildman–Crippen LogP) is 5.11. The highest BCUT2D eigenvalue weighted by Gasteiger charge is 2.21. The smallest absolute Gasteiger partial charge is 0.133 e. The van der Waals surface area contributed by atoms with E-state index in [0.717, 1.165) is 33.5 Å². The summed E-state index contributed by atoms with van der Waals surface area (Å²) in [5, 5.41) is -0.187. The Morgan fingerprint density at radius 2 is 1.95 bits per heavy atom. The molecule has 0 fully saturated rings. The minimum Gasteiger partial charge on any atom is -0.496 e. The van der Waals surface area contributed by atoms with Gasteiger partial charge in [0.25, 0.3) is 0 Å². The van der Waals surface area contributed by atoms with Gasteiger partial charge in [-0.15, -0.1) is 11.6 Å². The molecular weight excluding hydrogens is 352 g/mol. The summed E-state index contributed by atoms with van der Waals surface area (Å²) in [6, 6.07) is 12.1. The largest absolute Gasteiger partial charge is 0.496 e. The van der Waals surface area contributed by atoms with Crippen molar-refractivity contribution in [3.05, 3.63) is 57.6 Å². The van der Waals surface area contributed by atoms with Crippen molar-refractivity contribution in [3.63, 3.8) is 0 Å². The average molecular weight is 368 g/mol. The summed E-state index contributed by atoms with van der Waals surface area (Å²) in [6.45, 7) is 2.08. The van der Waals surface area contributed by atoms with Crippen LogP contribution in [0.3, 0.4) is 0 Å². The lowest BCUT2D eigenvalue weighted by atomic mass is 10.0. The van der Waals surface area contributed by atoms with Gasteiger partial charge in [0.15, 0.2) is 0 Å². The first-order valence-corrected chi connectivity index (χ1v) is 8.08. The third kappa shape index (κ3) is 2.90. The van der Waals surface area contributed by atoms with Gasteiger partial charge in [-0.05, 0) is 57.7 Å². The van der Waals surface area contributed by atoms with Crippen molar-refractivity contribution in [2.24, 2.45) is 0 Å². The van der Waals surface area contributed by atoms with E-state index < -0.39 is 0 Å². The third-order valence-electron chi connectivity index (χ3n) is 3.68. The molecule has 0 aromatic heterocycles. The van der Waals surface area contributed by atoms with Crippen molar-refractivity contribution in [1.82, 2.24) is 0 Å². The number of benzene rings is 2. The molecule has 0 bridgehead atoms. The molecule has 3 rings (SSSR count). The van der Waals surface area contributed by atoms with Crippen LogP contribution in [0.4, 0.5) is 0 Å². The number of fused-ring (bicyclic) bond motifs is 1. The molecule has 21 heavy (non-hydrogen) atoms. The van der Waals surface area contributed by atoms with Crippen LogP contribution in [-0.4, -0.2) is 13.2 Å². The molecular formula is C17H16BrClO2. The van der Waals surface area contributed by atoms with Crippen molar-refractivity contribution in [2.75, 3.05) is 7.11 Å². The second-order valence-electron chi connectivity index (χ2n) is 5.26. The van der Waals surface area contributed by atoms with Gasteiger partial charge in [-0.25, -0.2) is 0 Å². The van der Waals surface area contributed by atoms with E-state index in [1.54, 1.807) is 7.11 Å². The number of alkyl halides is 1. The maximum atomic E-state index is 6.63. The van der Waals surface area contributed by atoms with Crippen LogP contribution in [0.15, 0.2) is 40.9 Å². The molecule has 4 heteroatoms. The Balaban J connectivity index is 1.90. The molecule has 0 saturated carbocycles. The molecule has 1 aliphatic heterocycles. The van der Waals surface area contributed by atoms with Crippen LogP contribution in [0, 0.1) is 0 Å². The Morgan fingerprint density at radius 3 is 2.67 bits per heavy atom. The standard InChI is InChI=1S/C17H16BrClO2/c1-10-7-13-8-11(3-5-15(13)21-10)17(19)12-4-6-16(20-2)14(18)9-12/h3-6,8-10,17H,7H2,1-2H3. The molecule has 0 radical (unpaired) electrons. The molecule has 2 aromatic rings. The highest BCUT2D eigenvalue weighted by Crippen LogP contribution is 2.37. The third-order valence-corrected chi connectivity index (χ3v) is 4.80. The van der Waals surface area contributed by atoms with Gasteiger partial charge in [-0.2, -0.15) is 0 Å². The first-order valence-electron chi connectivity index (χ1n) is 6.85. The van der Waals surface area contributed by atoms with Crippen molar-refractivity contribution in [1.29, 1.82) is 0 Å². The molecule has 110 valence electrons. The van der Waals surface area contributed by atoms with Gasteiger partial charge in [-0.1, -0.05) is 18.2 Å². The molecule has 2 nitrogen and oxygen atoms in total. The number of hydrogen-bond donors (Lipinski definition) is 0. The molecule has 2 unspecified atom stereocenters. The van der Waals surface area contributed by atoms with Crippen LogP contribution < -0.4 is 9.47 Å². The monoisotopic (exact) mass is 366 g/mol. The summed E-state index contributed by atoms with van der Waals surface area (Å²) >= 11 is 10.1. The topological polar surface area (TPSA) is 18.5 Å². The average Bonchev–Trinajstić information content (AvgIpc) is 2.85. The lowest BCUT2D eigenvalue weighted by Gasteiger charge is -2.13. The van der Waals surface area contributed by atoms with Gasteiger partial charge >= 0.3 is 0 Å². The van der Waals surface area contributed by atoms with E-state index in [4.69, 9.17) is 21.1 Å². The zero-order valence-corrected chi connectivity index (χ0v) is 14.2.